The number of carbonyl (C=O) groups is 1. The molecule has 6 nitrogen and oxygen atoms in total. The molecule has 0 bridgehead atoms. The quantitative estimate of drug-likeness (QED) is 0.400. The van der Waals surface area contributed by atoms with Crippen molar-refractivity contribution in [1.29, 1.82) is 0 Å². The Labute approximate surface area is 161 Å². The van der Waals surface area contributed by atoms with Crippen molar-refractivity contribution < 1.29 is 13.9 Å². The van der Waals surface area contributed by atoms with Crippen LogP contribution in [0.25, 0.3) is 11.0 Å². The maximum atomic E-state index is 11.7. The fraction of sp³-hybridized carbons (Fsp3) is 0.150. The number of rotatable bonds is 4. The monoisotopic (exact) mass is 382 g/mol. The van der Waals surface area contributed by atoms with Gasteiger partial charge in [0.15, 0.2) is 5.11 Å². The molecular weight excluding hydrogens is 364 g/mol. The van der Waals surface area contributed by atoms with Gasteiger partial charge in [-0.2, -0.15) is 0 Å². The van der Waals surface area contributed by atoms with Crippen molar-refractivity contribution in [3.05, 3.63) is 70.1 Å². The first-order valence-corrected chi connectivity index (χ1v) is 8.77. The Balaban J connectivity index is 1.69. The predicted molar refractivity (Wildman–Crippen MR) is 109 cm³/mol. The van der Waals surface area contributed by atoms with Crippen LogP contribution in [0.5, 0.6) is 0 Å². The highest BCUT2D eigenvalue weighted by atomic mass is 32.1. The average Bonchev–Trinajstić information content (AvgIpc) is 2.62. The molecule has 27 heavy (non-hydrogen) atoms. The highest BCUT2D eigenvalue weighted by molar-refractivity contribution is 7.80. The van der Waals surface area contributed by atoms with Crippen LogP contribution in [-0.2, 0) is 4.74 Å². The molecule has 0 fully saturated rings. The molecule has 2 aromatic carbocycles. The van der Waals surface area contributed by atoms with E-state index in [2.05, 4.69) is 10.6 Å². The zero-order valence-corrected chi connectivity index (χ0v) is 15.7. The van der Waals surface area contributed by atoms with Crippen molar-refractivity contribution in [3.8, 4) is 0 Å². The lowest BCUT2D eigenvalue weighted by atomic mass is 10.1. The molecular formula is C20H18N2O4S. The van der Waals surface area contributed by atoms with Gasteiger partial charge in [0.1, 0.15) is 5.58 Å². The summed E-state index contributed by atoms with van der Waals surface area (Å²) in [4.78, 5) is 23.2. The van der Waals surface area contributed by atoms with E-state index < -0.39 is 0 Å². The minimum Gasteiger partial charge on any atom is -0.462 e. The number of esters is 1. The lowest BCUT2D eigenvalue weighted by Gasteiger charge is -2.11. The molecule has 0 aliphatic carbocycles. The molecule has 1 aromatic heterocycles. The van der Waals surface area contributed by atoms with Crippen LogP contribution in [0, 0.1) is 6.92 Å². The minimum atomic E-state index is -0.389. The van der Waals surface area contributed by atoms with Crippen molar-refractivity contribution in [2.75, 3.05) is 17.2 Å². The standard InChI is InChI=1S/C20H18N2O4S/c1-3-25-19(24)13-4-6-14(7-5-13)21-20(27)22-15-8-9-16-12(2)10-18(23)26-17(16)11-15/h4-11H,3H2,1-2H3,(H2,21,22,27). The Bertz CT molecular complexity index is 1060. The largest absolute Gasteiger partial charge is 0.462 e. The summed E-state index contributed by atoms with van der Waals surface area (Å²) in [6.45, 7) is 3.95. The molecule has 138 valence electrons. The number of anilines is 2. The number of hydrogen-bond donors (Lipinski definition) is 2. The van der Waals surface area contributed by atoms with Crippen molar-refractivity contribution >= 4 is 45.6 Å². The number of carbonyl (C=O) groups excluding carboxylic acids is 1. The van der Waals surface area contributed by atoms with Crippen LogP contribution in [-0.4, -0.2) is 17.7 Å². The zero-order valence-electron chi connectivity index (χ0n) is 14.9. The fourth-order valence-electron chi connectivity index (χ4n) is 2.60. The maximum Gasteiger partial charge on any atom is 0.338 e. The first-order valence-electron chi connectivity index (χ1n) is 8.36. The van der Waals surface area contributed by atoms with Gasteiger partial charge in [-0.25, -0.2) is 9.59 Å². The highest BCUT2D eigenvalue weighted by Gasteiger charge is 2.07. The Morgan fingerprint density at radius 2 is 1.74 bits per heavy atom. The molecule has 3 aromatic rings. The van der Waals surface area contributed by atoms with Gasteiger partial charge in [0.05, 0.1) is 12.2 Å². The van der Waals surface area contributed by atoms with Gasteiger partial charge in [-0.3, -0.25) is 0 Å². The number of nitrogens with one attached hydrogen (secondary N) is 2. The molecule has 0 radical (unpaired) electrons. The Kier molecular flexibility index (Phi) is 5.52. The Morgan fingerprint density at radius 3 is 2.44 bits per heavy atom. The van der Waals surface area contributed by atoms with Gasteiger partial charge in [-0.05, 0) is 68.0 Å². The van der Waals surface area contributed by atoms with E-state index in [1.54, 1.807) is 37.3 Å². The molecule has 0 saturated carbocycles. The second-order valence-electron chi connectivity index (χ2n) is 5.84. The summed E-state index contributed by atoms with van der Waals surface area (Å²) in [6, 6.07) is 13.7. The lowest BCUT2D eigenvalue weighted by molar-refractivity contribution is 0.0526. The summed E-state index contributed by atoms with van der Waals surface area (Å²) in [6.07, 6.45) is 0. The molecule has 0 atom stereocenters. The fourth-order valence-corrected chi connectivity index (χ4v) is 2.84. The number of benzene rings is 2. The predicted octanol–water partition coefficient (Wildman–Crippen LogP) is 4.09. The van der Waals surface area contributed by atoms with Gasteiger partial charge in [0.2, 0.25) is 0 Å². The summed E-state index contributed by atoms with van der Waals surface area (Å²) < 4.78 is 10.2. The first-order chi connectivity index (χ1) is 13.0. The van der Waals surface area contributed by atoms with Crippen molar-refractivity contribution in [2.24, 2.45) is 0 Å². The normalized spacial score (nSPS) is 10.4. The van der Waals surface area contributed by atoms with E-state index in [9.17, 15) is 9.59 Å². The second kappa shape index (κ2) is 8.01. The average molecular weight is 382 g/mol. The van der Waals surface area contributed by atoms with Crippen LogP contribution in [0.15, 0.2) is 57.7 Å². The van der Waals surface area contributed by atoms with E-state index >= 15 is 0 Å². The maximum absolute atomic E-state index is 11.7. The summed E-state index contributed by atoms with van der Waals surface area (Å²) in [5, 5.41) is 7.32. The van der Waals surface area contributed by atoms with Crippen LogP contribution in [0.2, 0.25) is 0 Å². The van der Waals surface area contributed by atoms with Gasteiger partial charge < -0.3 is 19.8 Å². The highest BCUT2D eigenvalue weighted by Crippen LogP contribution is 2.21. The molecule has 3 rings (SSSR count). The Hall–Kier alpha value is -3.19. The van der Waals surface area contributed by atoms with Gasteiger partial charge in [-0.1, -0.05) is 0 Å². The summed E-state index contributed by atoms with van der Waals surface area (Å²) in [5.74, 6) is -0.363. The van der Waals surface area contributed by atoms with E-state index in [1.807, 2.05) is 19.1 Å². The molecule has 2 N–H and O–H groups in total. The van der Waals surface area contributed by atoms with Crippen LogP contribution in [0.4, 0.5) is 11.4 Å². The molecule has 7 heteroatoms. The van der Waals surface area contributed by atoms with Gasteiger partial charge in [-0.15, -0.1) is 0 Å². The Morgan fingerprint density at radius 1 is 1.07 bits per heavy atom. The number of ether oxygens (including phenoxy) is 1. The lowest BCUT2D eigenvalue weighted by Crippen LogP contribution is -2.19. The van der Waals surface area contributed by atoms with Crippen LogP contribution in [0.3, 0.4) is 0 Å². The van der Waals surface area contributed by atoms with Crippen molar-refractivity contribution in [2.45, 2.75) is 13.8 Å². The molecule has 1 heterocycles. The van der Waals surface area contributed by atoms with E-state index in [-0.39, 0.29) is 11.6 Å². The number of hydrogen-bond acceptors (Lipinski definition) is 5. The van der Waals surface area contributed by atoms with E-state index in [4.69, 9.17) is 21.4 Å². The second-order valence-corrected chi connectivity index (χ2v) is 6.24. The van der Waals surface area contributed by atoms with Crippen molar-refractivity contribution in [1.82, 2.24) is 0 Å². The zero-order chi connectivity index (χ0) is 19.4. The smallest absolute Gasteiger partial charge is 0.338 e. The van der Waals surface area contributed by atoms with Crippen LogP contribution < -0.4 is 16.3 Å². The number of aryl methyl sites for hydroxylation is 1. The molecule has 0 amide bonds. The number of fused-ring (bicyclic) bond motifs is 1. The van der Waals surface area contributed by atoms with E-state index in [0.29, 0.717) is 28.6 Å². The van der Waals surface area contributed by atoms with E-state index in [0.717, 1.165) is 16.6 Å². The van der Waals surface area contributed by atoms with Gasteiger partial charge in [0.25, 0.3) is 0 Å². The van der Waals surface area contributed by atoms with Crippen LogP contribution >= 0.6 is 12.2 Å². The van der Waals surface area contributed by atoms with Gasteiger partial charge in [0, 0.05) is 28.9 Å². The molecule has 0 saturated heterocycles. The minimum absolute atomic E-state index is 0.332. The summed E-state index contributed by atoms with van der Waals surface area (Å²) in [5.41, 5.74) is 2.85. The number of thiocarbonyl (C=S) groups is 1. The SMILES string of the molecule is CCOC(=O)c1ccc(NC(=S)Nc2ccc3c(C)cc(=O)oc3c2)cc1. The third kappa shape index (κ3) is 4.51. The van der Waals surface area contributed by atoms with Crippen molar-refractivity contribution in [3.63, 3.8) is 0 Å². The first kappa shape index (κ1) is 18.6. The summed E-state index contributed by atoms with van der Waals surface area (Å²) in [7, 11) is 0. The van der Waals surface area contributed by atoms with Gasteiger partial charge >= 0.3 is 11.6 Å². The molecule has 0 aliphatic heterocycles. The summed E-state index contributed by atoms with van der Waals surface area (Å²) >= 11 is 5.31. The molecule has 0 aliphatic rings. The third-order valence-corrected chi connectivity index (χ3v) is 4.07. The van der Waals surface area contributed by atoms with E-state index in [1.165, 1.54) is 6.07 Å². The topological polar surface area (TPSA) is 80.6 Å². The third-order valence-electron chi connectivity index (χ3n) is 3.86. The molecule has 0 unspecified atom stereocenters. The van der Waals surface area contributed by atoms with Crippen LogP contribution in [0.1, 0.15) is 22.8 Å². The molecule has 0 spiro atoms.